The predicted molar refractivity (Wildman–Crippen MR) is 99.3 cm³/mol. The Morgan fingerprint density at radius 3 is 2.64 bits per heavy atom. The highest BCUT2D eigenvalue weighted by Gasteiger charge is 2.23. The summed E-state index contributed by atoms with van der Waals surface area (Å²) in [6, 6.07) is 7.84. The number of carbonyl (C=O) groups is 1. The number of amides is 1. The van der Waals surface area contributed by atoms with Crippen molar-refractivity contribution in [2.24, 2.45) is 0 Å². The topological polar surface area (TPSA) is 54.1 Å². The van der Waals surface area contributed by atoms with Crippen LogP contribution in [-0.2, 0) is 16.0 Å². The normalized spacial score (nSPS) is 16.6. The number of H-pyrrole nitrogens is 1. The van der Waals surface area contributed by atoms with Gasteiger partial charge in [-0.1, -0.05) is 0 Å². The van der Waals surface area contributed by atoms with E-state index in [1.165, 1.54) is 18.2 Å². The molecule has 1 aliphatic heterocycles. The first-order chi connectivity index (χ1) is 13.5. The molecule has 1 fully saturated rings. The van der Waals surface area contributed by atoms with Crippen LogP contribution < -0.4 is 5.32 Å². The average Bonchev–Trinajstić information content (AvgIpc) is 3.31. The second kappa shape index (κ2) is 7.67. The highest BCUT2D eigenvalue weighted by Crippen LogP contribution is 2.32. The number of fused-ring (bicyclic) bond motifs is 1. The first-order valence-electron chi connectivity index (χ1n) is 9.18. The van der Waals surface area contributed by atoms with E-state index >= 15 is 0 Å². The first kappa shape index (κ1) is 18.6. The van der Waals surface area contributed by atoms with Gasteiger partial charge in [-0.2, -0.15) is 0 Å². The third kappa shape index (κ3) is 3.62. The Balaban J connectivity index is 1.65. The lowest BCUT2D eigenvalue weighted by Crippen LogP contribution is -2.35. The lowest BCUT2D eigenvalue weighted by molar-refractivity contribution is -0.129. The number of benzene rings is 2. The molecule has 0 spiro atoms. The van der Waals surface area contributed by atoms with E-state index in [0.29, 0.717) is 41.7 Å². The molecule has 0 aliphatic carbocycles. The van der Waals surface area contributed by atoms with Gasteiger partial charge in [0.15, 0.2) is 0 Å². The quantitative estimate of drug-likeness (QED) is 0.692. The van der Waals surface area contributed by atoms with Gasteiger partial charge >= 0.3 is 0 Å². The summed E-state index contributed by atoms with van der Waals surface area (Å²) in [5.41, 5.74) is 2.07. The van der Waals surface area contributed by atoms with Crippen molar-refractivity contribution in [3.8, 4) is 11.3 Å². The maximum absolute atomic E-state index is 14.3. The summed E-state index contributed by atoms with van der Waals surface area (Å²) in [5, 5.41) is 3.23. The highest BCUT2D eigenvalue weighted by molar-refractivity contribution is 5.91. The summed E-state index contributed by atoms with van der Waals surface area (Å²) >= 11 is 0. The molecule has 1 amide bonds. The molecule has 4 nitrogen and oxygen atoms in total. The van der Waals surface area contributed by atoms with Gasteiger partial charge < -0.3 is 15.0 Å². The van der Waals surface area contributed by atoms with Gasteiger partial charge in [0.2, 0.25) is 5.91 Å². The van der Waals surface area contributed by atoms with E-state index in [1.54, 1.807) is 12.1 Å². The van der Waals surface area contributed by atoms with Crippen molar-refractivity contribution in [3.63, 3.8) is 0 Å². The van der Waals surface area contributed by atoms with Gasteiger partial charge in [0.05, 0.1) is 5.52 Å². The van der Waals surface area contributed by atoms with Crippen molar-refractivity contribution in [2.45, 2.75) is 25.4 Å². The largest absolute Gasteiger partial charge is 0.368 e. The molecule has 3 aromatic rings. The van der Waals surface area contributed by atoms with Crippen LogP contribution >= 0.6 is 0 Å². The number of halogens is 3. The molecule has 0 saturated carbocycles. The van der Waals surface area contributed by atoms with Crippen molar-refractivity contribution >= 4 is 16.8 Å². The standard InChI is InChI=1S/C21H19F3N2O2/c22-13-5-3-12(4-6-13)19-15(7-8-25-21(27)18-2-1-9-28-18)16-10-14(23)11-17(24)20(16)26-19/h3-6,10-11,18,26H,1-2,7-9H2,(H,25,27)/t18-/m0/s1. The molecule has 28 heavy (non-hydrogen) atoms. The zero-order chi connectivity index (χ0) is 19.7. The zero-order valence-corrected chi connectivity index (χ0v) is 15.0. The van der Waals surface area contributed by atoms with Gasteiger partial charge in [-0.05, 0) is 60.7 Å². The minimum atomic E-state index is -0.701. The number of aromatic nitrogens is 1. The van der Waals surface area contributed by atoms with E-state index in [9.17, 15) is 18.0 Å². The van der Waals surface area contributed by atoms with E-state index in [1.807, 2.05) is 0 Å². The molecule has 1 aliphatic rings. The fourth-order valence-electron chi connectivity index (χ4n) is 3.61. The van der Waals surface area contributed by atoms with Crippen LogP contribution in [0.15, 0.2) is 36.4 Å². The number of rotatable bonds is 5. The van der Waals surface area contributed by atoms with Crippen molar-refractivity contribution in [1.82, 2.24) is 10.3 Å². The summed E-state index contributed by atoms with van der Waals surface area (Å²) in [5.74, 6) is -1.95. The van der Waals surface area contributed by atoms with E-state index in [4.69, 9.17) is 4.74 Å². The average molecular weight is 388 g/mol. The predicted octanol–water partition coefficient (Wildman–Crippen LogP) is 4.09. The Morgan fingerprint density at radius 1 is 1.14 bits per heavy atom. The van der Waals surface area contributed by atoms with Crippen LogP contribution in [0.4, 0.5) is 13.2 Å². The number of carbonyl (C=O) groups excluding carboxylic acids is 1. The molecule has 1 saturated heterocycles. The molecular formula is C21H19F3N2O2. The fourth-order valence-corrected chi connectivity index (χ4v) is 3.61. The maximum atomic E-state index is 14.3. The molecule has 4 rings (SSSR count). The number of aromatic amines is 1. The van der Waals surface area contributed by atoms with E-state index in [0.717, 1.165) is 12.5 Å². The van der Waals surface area contributed by atoms with Gasteiger partial charge in [0, 0.05) is 30.3 Å². The molecule has 1 aromatic heterocycles. The van der Waals surface area contributed by atoms with Gasteiger partial charge in [-0.3, -0.25) is 4.79 Å². The minimum absolute atomic E-state index is 0.182. The van der Waals surface area contributed by atoms with Gasteiger partial charge in [0.1, 0.15) is 23.6 Å². The molecule has 146 valence electrons. The number of hydrogen-bond acceptors (Lipinski definition) is 2. The van der Waals surface area contributed by atoms with Gasteiger partial charge in [-0.25, -0.2) is 13.2 Å². The van der Waals surface area contributed by atoms with Crippen LogP contribution in [0.2, 0.25) is 0 Å². The second-order valence-corrected chi connectivity index (χ2v) is 6.84. The smallest absolute Gasteiger partial charge is 0.249 e. The molecule has 7 heteroatoms. The number of hydrogen-bond donors (Lipinski definition) is 2. The molecule has 2 heterocycles. The van der Waals surface area contributed by atoms with Crippen LogP contribution in [-0.4, -0.2) is 30.1 Å². The SMILES string of the molecule is O=C(NCCc1c(-c2ccc(F)cc2)[nH]c2c(F)cc(F)cc12)[C@@H]1CCCO1. The number of nitrogens with one attached hydrogen (secondary N) is 2. The lowest BCUT2D eigenvalue weighted by atomic mass is 10.0. The molecular weight excluding hydrogens is 369 g/mol. The Bertz CT molecular complexity index is 1010. The molecule has 0 unspecified atom stereocenters. The van der Waals surface area contributed by atoms with Crippen LogP contribution in [0.25, 0.3) is 22.2 Å². The van der Waals surface area contributed by atoms with Gasteiger partial charge in [-0.15, -0.1) is 0 Å². The van der Waals surface area contributed by atoms with Crippen molar-refractivity contribution in [1.29, 1.82) is 0 Å². The third-order valence-electron chi connectivity index (χ3n) is 4.96. The van der Waals surface area contributed by atoms with E-state index in [-0.39, 0.29) is 23.8 Å². The van der Waals surface area contributed by atoms with Crippen molar-refractivity contribution in [2.75, 3.05) is 13.2 Å². The molecule has 2 aromatic carbocycles. The summed E-state index contributed by atoms with van der Waals surface area (Å²) in [4.78, 5) is 15.1. The van der Waals surface area contributed by atoms with Gasteiger partial charge in [0.25, 0.3) is 0 Å². The summed E-state index contributed by atoms with van der Waals surface area (Å²) in [7, 11) is 0. The summed E-state index contributed by atoms with van der Waals surface area (Å²) in [6.07, 6.45) is 1.47. The van der Waals surface area contributed by atoms with Crippen molar-refractivity contribution in [3.05, 3.63) is 59.4 Å². The summed E-state index contributed by atoms with van der Waals surface area (Å²) < 4.78 is 46.7. The Hall–Kier alpha value is -2.80. The molecule has 2 N–H and O–H groups in total. The van der Waals surface area contributed by atoms with Crippen LogP contribution in [0.5, 0.6) is 0 Å². The van der Waals surface area contributed by atoms with E-state index in [2.05, 4.69) is 10.3 Å². The zero-order valence-electron chi connectivity index (χ0n) is 15.0. The van der Waals surface area contributed by atoms with Crippen molar-refractivity contribution < 1.29 is 22.7 Å². The Labute approximate surface area is 159 Å². The molecule has 0 radical (unpaired) electrons. The third-order valence-corrected chi connectivity index (χ3v) is 4.96. The van der Waals surface area contributed by atoms with E-state index < -0.39 is 17.7 Å². The fraction of sp³-hybridized carbons (Fsp3) is 0.286. The summed E-state index contributed by atoms with van der Waals surface area (Å²) in [6.45, 7) is 0.867. The molecule has 1 atom stereocenters. The molecule has 0 bridgehead atoms. The van der Waals surface area contributed by atoms with Crippen LogP contribution in [0.3, 0.4) is 0 Å². The number of ether oxygens (including phenoxy) is 1. The monoisotopic (exact) mass is 388 g/mol. The lowest BCUT2D eigenvalue weighted by Gasteiger charge is -2.11. The Kier molecular flexibility index (Phi) is 5.09. The first-order valence-corrected chi connectivity index (χ1v) is 9.18. The Morgan fingerprint density at radius 2 is 1.93 bits per heavy atom. The highest BCUT2D eigenvalue weighted by atomic mass is 19.1. The second-order valence-electron chi connectivity index (χ2n) is 6.84. The van der Waals surface area contributed by atoms with Crippen LogP contribution in [0.1, 0.15) is 18.4 Å². The maximum Gasteiger partial charge on any atom is 0.249 e. The minimum Gasteiger partial charge on any atom is -0.368 e. The van der Waals surface area contributed by atoms with Crippen LogP contribution in [0, 0.1) is 17.5 Å².